The third kappa shape index (κ3) is 7.23. The maximum Gasteiger partial charge on any atom is 0.635 e. The number of rotatable bonds is 11. The van der Waals surface area contributed by atoms with Crippen LogP contribution in [0.4, 0.5) is 0 Å². The third-order valence-corrected chi connectivity index (χ3v) is 6.46. The fourth-order valence-corrected chi connectivity index (χ4v) is 4.36. The van der Waals surface area contributed by atoms with E-state index in [1.807, 2.05) is 31.2 Å². The van der Waals surface area contributed by atoms with E-state index >= 15 is 0 Å². The Labute approximate surface area is 177 Å². The fourth-order valence-electron chi connectivity index (χ4n) is 2.89. The standard InChI is InChI=1S/C20H27BN2O6S/c1-3-23(30(27,28)18-7-5-4-6-8-18)14-13-19(24)22-20(29-21(25)26)15-17-11-9-16(2)10-12-17/h4-12,20,25-26H,3,13-15H2,1-2H3,(H,22,24)/t20-/m1/s1. The second kappa shape index (κ2) is 11.2. The van der Waals surface area contributed by atoms with E-state index < -0.39 is 29.5 Å². The van der Waals surface area contributed by atoms with Gasteiger partial charge in [-0.15, -0.1) is 0 Å². The smallest absolute Gasteiger partial charge is 0.402 e. The zero-order valence-electron chi connectivity index (χ0n) is 17.1. The van der Waals surface area contributed by atoms with E-state index in [9.17, 15) is 13.2 Å². The number of hydrogen-bond donors (Lipinski definition) is 3. The zero-order chi connectivity index (χ0) is 22.1. The lowest BCUT2D eigenvalue weighted by Gasteiger charge is -2.22. The van der Waals surface area contributed by atoms with E-state index in [4.69, 9.17) is 14.7 Å². The molecule has 8 nitrogen and oxygen atoms in total. The van der Waals surface area contributed by atoms with E-state index in [2.05, 4.69) is 5.32 Å². The van der Waals surface area contributed by atoms with Crippen LogP contribution in [-0.4, -0.2) is 55.3 Å². The molecule has 0 aliphatic rings. The average Bonchev–Trinajstić information content (AvgIpc) is 2.70. The van der Waals surface area contributed by atoms with Crippen molar-refractivity contribution in [1.29, 1.82) is 0 Å². The summed E-state index contributed by atoms with van der Waals surface area (Å²) in [6.45, 7) is 3.84. The summed E-state index contributed by atoms with van der Waals surface area (Å²) in [5, 5.41) is 20.9. The van der Waals surface area contributed by atoms with Crippen molar-refractivity contribution in [3.05, 3.63) is 65.7 Å². The molecule has 1 atom stereocenters. The van der Waals surface area contributed by atoms with Gasteiger partial charge in [-0.3, -0.25) is 4.79 Å². The molecule has 0 saturated carbocycles. The Morgan fingerprint density at radius 3 is 2.33 bits per heavy atom. The molecule has 2 rings (SSSR count). The maximum absolute atomic E-state index is 12.7. The molecule has 2 aromatic carbocycles. The number of aryl methyl sites for hydroxylation is 1. The third-order valence-electron chi connectivity index (χ3n) is 4.47. The number of nitrogens with one attached hydrogen (secondary N) is 1. The summed E-state index contributed by atoms with van der Waals surface area (Å²) in [6.07, 6.45) is -0.848. The Morgan fingerprint density at radius 2 is 1.77 bits per heavy atom. The highest BCUT2D eigenvalue weighted by Crippen LogP contribution is 2.15. The Morgan fingerprint density at radius 1 is 1.13 bits per heavy atom. The van der Waals surface area contributed by atoms with Gasteiger partial charge in [0.2, 0.25) is 15.9 Å². The van der Waals surface area contributed by atoms with Gasteiger partial charge in [0.15, 0.2) is 0 Å². The van der Waals surface area contributed by atoms with Crippen molar-refractivity contribution in [1.82, 2.24) is 9.62 Å². The van der Waals surface area contributed by atoms with Crippen molar-refractivity contribution >= 4 is 23.3 Å². The molecule has 0 unspecified atom stereocenters. The van der Waals surface area contributed by atoms with Crippen LogP contribution in [0.2, 0.25) is 0 Å². The molecular formula is C20H27BN2O6S. The summed E-state index contributed by atoms with van der Waals surface area (Å²) in [5.41, 5.74) is 1.91. The molecular weight excluding hydrogens is 407 g/mol. The van der Waals surface area contributed by atoms with Gasteiger partial charge < -0.3 is 20.0 Å². The van der Waals surface area contributed by atoms with Crippen LogP contribution in [0.1, 0.15) is 24.5 Å². The second-order valence-corrected chi connectivity index (χ2v) is 8.71. The van der Waals surface area contributed by atoms with Crippen molar-refractivity contribution in [3.8, 4) is 0 Å². The molecule has 0 bridgehead atoms. The average molecular weight is 434 g/mol. The number of carbonyl (C=O) groups is 1. The van der Waals surface area contributed by atoms with Crippen LogP contribution in [0.15, 0.2) is 59.5 Å². The molecule has 0 fully saturated rings. The van der Waals surface area contributed by atoms with E-state index in [1.54, 1.807) is 25.1 Å². The van der Waals surface area contributed by atoms with Crippen molar-refractivity contribution < 1.29 is 27.9 Å². The molecule has 30 heavy (non-hydrogen) atoms. The minimum Gasteiger partial charge on any atom is -0.402 e. The number of nitrogens with zero attached hydrogens (tertiary/aromatic N) is 1. The molecule has 0 saturated heterocycles. The van der Waals surface area contributed by atoms with Crippen molar-refractivity contribution in [2.75, 3.05) is 13.1 Å². The predicted molar refractivity (Wildman–Crippen MR) is 114 cm³/mol. The molecule has 3 N–H and O–H groups in total. The van der Waals surface area contributed by atoms with Gasteiger partial charge in [-0.25, -0.2) is 8.42 Å². The molecule has 2 aromatic rings. The van der Waals surface area contributed by atoms with E-state index in [1.165, 1.54) is 16.4 Å². The van der Waals surface area contributed by atoms with Gasteiger partial charge in [-0.1, -0.05) is 55.0 Å². The first kappa shape index (κ1) is 24.0. The molecule has 0 aliphatic heterocycles. The number of amides is 1. The summed E-state index contributed by atoms with van der Waals surface area (Å²) < 4.78 is 31.6. The highest BCUT2D eigenvalue weighted by molar-refractivity contribution is 7.89. The van der Waals surface area contributed by atoms with Gasteiger partial charge in [0.05, 0.1) is 4.90 Å². The lowest BCUT2D eigenvalue weighted by molar-refractivity contribution is -0.124. The zero-order valence-corrected chi connectivity index (χ0v) is 17.9. The molecule has 162 valence electrons. The minimum atomic E-state index is -3.70. The van der Waals surface area contributed by atoms with Crippen LogP contribution in [0.25, 0.3) is 0 Å². The normalized spacial score (nSPS) is 12.6. The largest absolute Gasteiger partial charge is 0.635 e. The quantitative estimate of drug-likeness (QED) is 0.360. The van der Waals surface area contributed by atoms with Gasteiger partial charge in [0, 0.05) is 25.9 Å². The topological polar surface area (TPSA) is 116 Å². The minimum absolute atomic E-state index is 0.0154. The summed E-state index contributed by atoms with van der Waals surface area (Å²) in [5.74, 6) is -0.463. The highest BCUT2D eigenvalue weighted by Gasteiger charge is 2.25. The lowest BCUT2D eigenvalue weighted by atomic mass is 10.1. The molecule has 1 amide bonds. The molecule has 10 heteroatoms. The first-order valence-electron chi connectivity index (χ1n) is 9.64. The lowest BCUT2D eigenvalue weighted by Crippen LogP contribution is -2.43. The molecule has 0 heterocycles. The van der Waals surface area contributed by atoms with Crippen LogP contribution in [-0.2, 0) is 25.9 Å². The van der Waals surface area contributed by atoms with Crippen molar-refractivity contribution in [3.63, 3.8) is 0 Å². The summed E-state index contributed by atoms with van der Waals surface area (Å²) >= 11 is 0. The fraction of sp³-hybridized carbons (Fsp3) is 0.350. The van der Waals surface area contributed by atoms with E-state index in [-0.39, 0.29) is 30.8 Å². The first-order valence-corrected chi connectivity index (χ1v) is 11.1. The predicted octanol–water partition coefficient (Wildman–Crippen LogP) is 1.07. The second-order valence-electron chi connectivity index (χ2n) is 6.77. The Kier molecular flexibility index (Phi) is 9.00. The Hall–Kier alpha value is -2.24. The van der Waals surface area contributed by atoms with Gasteiger partial charge in [0.25, 0.3) is 0 Å². The summed E-state index contributed by atoms with van der Waals surface area (Å²) in [6, 6.07) is 15.5. The van der Waals surface area contributed by atoms with Gasteiger partial charge in [-0.2, -0.15) is 4.31 Å². The molecule has 0 aliphatic carbocycles. The van der Waals surface area contributed by atoms with Crippen LogP contribution in [0.3, 0.4) is 0 Å². The SMILES string of the molecule is CCN(CCC(=O)N[C@@H](Cc1ccc(C)cc1)OB(O)O)S(=O)(=O)c1ccccc1. The number of benzene rings is 2. The molecule has 0 spiro atoms. The monoisotopic (exact) mass is 434 g/mol. The van der Waals surface area contributed by atoms with Gasteiger partial charge in [0.1, 0.15) is 6.23 Å². The van der Waals surface area contributed by atoms with Crippen LogP contribution in [0.5, 0.6) is 0 Å². The van der Waals surface area contributed by atoms with Gasteiger partial charge in [-0.05, 0) is 24.6 Å². The summed E-state index contributed by atoms with van der Waals surface area (Å²) in [4.78, 5) is 12.6. The van der Waals surface area contributed by atoms with Crippen LogP contribution >= 0.6 is 0 Å². The Balaban J connectivity index is 1.99. The molecule has 0 aromatic heterocycles. The van der Waals surface area contributed by atoms with Crippen LogP contribution in [0, 0.1) is 6.92 Å². The van der Waals surface area contributed by atoms with Crippen molar-refractivity contribution in [2.24, 2.45) is 0 Å². The molecule has 0 radical (unpaired) electrons. The Bertz CT molecular complexity index is 907. The van der Waals surface area contributed by atoms with Gasteiger partial charge >= 0.3 is 7.32 Å². The number of carbonyl (C=O) groups excluding carboxylic acids is 1. The van der Waals surface area contributed by atoms with Crippen LogP contribution < -0.4 is 5.32 Å². The van der Waals surface area contributed by atoms with E-state index in [0.717, 1.165) is 11.1 Å². The highest BCUT2D eigenvalue weighted by atomic mass is 32.2. The first-order chi connectivity index (χ1) is 14.2. The summed E-state index contributed by atoms with van der Waals surface area (Å²) in [7, 11) is -5.75. The number of sulfonamides is 1. The maximum atomic E-state index is 12.7. The van der Waals surface area contributed by atoms with Crippen molar-refractivity contribution in [2.45, 2.75) is 37.8 Å². The van der Waals surface area contributed by atoms with E-state index in [0.29, 0.717) is 0 Å². The number of hydrogen-bond acceptors (Lipinski definition) is 6.